The first-order valence-corrected chi connectivity index (χ1v) is 9.20. The van der Waals surface area contributed by atoms with Crippen molar-refractivity contribution in [2.75, 3.05) is 13.2 Å². The van der Waals surface area contributed by atoms with Gasteiger partial charge < -0.3 is 9.47 Å². The van der Waals surface area contributed by atoms with E-state index in [0.29, 0.717) is 19.8 Å². The lowest BCUT2D eigenvalue weighted by molar-refractivity contribution is 0.0141. The van der Waals surface area contributed by atoms with Gasteiger partial charge in [-0.3, -0.25) is 4.68 Å². The molecule has 2 aromatic rings. The molecule has 1 fully saturated rings. The van der Waals surface area contributed by atoms with Gasteiger partial charge in [-0.1, -0.05) is 51.1 Å². The van der Waals surface area contributed by atoms with E-state index in [0.717, 1.165) is 28.0 Å². The average molecular weight is 357 g/mol. The van der Waals surface area contributed by atoms with Crippen LogP contribution in [-0.4, -0.2) is 29.1 Å². The topological polar surface area (TPSA) is 60.1 Å². The summed E-state index contributed by atoms with van der Waals surface area (Å²) in [5.74, 6) is 0. The molecule has 0 saturated carbocycles. The molecule has 0 unspecified atom stereocenters. The Morgan fingerprint density at radius 1 is 1.32 bits per heavy atom. The molecular formula is C19H23N3O2S. The number of hydrogen-bond acceptors (Lipinski definition) is 5. The van der Waals surface area contributed by atoms with Crippen molar-refractivity contribution in [2.24, 2.45) is 0 Å². The summed E-state index contributed by atoms with van der Waals surface area (Å²) >= 11 is 1.09. The molecule has 0 bridgehead atoms. The lowest BCUT2D eigenvalue weighted by Crippen LogP contribution is -2.30. The second-order valence-corrected chi connectivity index (χ2v) is 8.00. The number of thioether (sulfide) groups is 1. The Balaban J connectivity index is 1.80. The molecular weight excluding hydrogens is 334 g/mol. The highest BCUT2D eigenvalue weighted by molar-refractivity contribution is 8.03. The minimum atomic E-state index is -0.0756. The van der Waals surface area contributed by atoms with E-state index >= 15 is 0 Å². The summed E-state index contributed by atoms with van der Waals surface area (Å²) in [7, 11) is 0. The minimum absolute atomic E-state index is 0.0194. The van der Waals surface area contributed by atoms with Crippen LogP contribution in [0.4, 0.5) is 0 Å². The van der Waals surface area contributed by atoms with Gasteiger partial charge in [0.05, 0.1) is 19.8 Å². The largest absolute Gasteiger partial charge is 0.376 e. The molecule has 3 rings (SSSR count). The van der Waals surface area contributed by atoms with Gasteiger partial charge in [-0.25, -0.2) is 0 Å². The lowest BCUT2D eigenvalue weighted by atomic mass is 9.91. The molecule has 1 saturated heterocycles. The Morgan fingerprint density at radius 2 is 2.08 bits per heavy atom. The second kappa shape index (κ2) is 7.61. The van der Waals surface area contributed by atoms with Crippen LogP contribution >= 0.6 is 11.8 Å². The zero-order valence-corrected chi connectivity index (χ0v) is 15.6. The lowest BCUT2D eigenvalue weighted by Gasteiger charge is -2.26. The molecule has 6 heteroatoms. The van der Waals surface area contributed by atoms with Gasteiger partial charge in [0, 0.05) is 22.9 Å². The fourth-order valence-corrected chi connectivity index (χ4v) is 3.36. The smallest absolute Gasteiger partial charge is 0.140 e. The Kier molecular flexibility index (Phi) is 5.48. The first kappa shape index (κ1) is 18.0. The van der Waals surface area contributed by atoms with Crippen molar-refractivity contribution >= 4 is 11.8 Å². The van der Waals surface area contributed by atoms with E-state index in [4.69, 9.17) is 14.7 Å². The zero-order valence-electron chi connectivity index (χ0n) is 14.8. The Hall–Kier alpha value is -1.81. The molecule has 2 heterocycles. The molecule has 0 aliphatic carbocycles. The molecule has 0 spiro atoms. The second-order valence-electron chi connectivity index (χ2n) is 7.20. The van der Waals surface area contributed by atoms with E-state index in [1.165, 1.54) is 0 Å². The number of nitrogens with zero attached hydrogens (tertiary/aromatic N) is 3. The zero-order chi connectivity index (χ0) is 17.9. The quantitative estimate of drug-likeness (QED) is 0.600. The van der Waals surface area contributed by atoms with Crippen molar-refractivity contribution in [3.8, 4) is 5.40 Å². The number of nitriles is 1. The number of aromatic nitrogens is 2. The van der Waals surface area contributed by atoms with E-state index in [1.807, 2.05) is 28.9 Å². The fourth-order valence-electron chi connectivity index (χ4n) is 2.97. The van der Waals surface area contributed by atoms with Gasteiger partial charge in [0.1, 0.15) is 22.6 Å². The number of thiocyanates is 1. The number of rotatable bonds is 5. The third kappa shape index (κ3) is 4.24. The van der Waals surface area contributed by atoms with E-state index in [2.05, 4.69) is 43.4 Å². The standard InChI is InChI=1S/C19H23N3O2S/c1-19(2,3)17-9-18(25-13-20)21-22(17)15-11-23-12-16(15)24-10-14-7-5-4-6-8-14/h4-9,15-16H,10-12H2,1-3H3/t15-,16-/m1/s1. The summed E-state index contributed by atoms with van der Waals surface area (Å²) in [6.45, 7) is 8.13. The average Bonchev–Trinajstić information content (AvgIpc) is 3.20. The van der Waals surface area contributed by atoms with Crippen LogP contribution in [0.25, 0.3) is 0 Å². The van der Waals surface area contributed by atoms with Crippen LogP contribution in [0.5, 0.6) is 0 Å². The Bertz CT molecular complexity index is 746. The molecule has 0 radical (unpaired) electrons. The van der Waals surface area contributed by atoms with E-state index < -0.39 is 0 Å². The predicted octanol–water partition coefficient (Wildman–Crippen LogP) is 3.91. The van der Waals surface area contributed by atoms with Gasteiger partial charge in [0.15, 0.2) is 0 Å². The van der Waals surface area contributed by atoms with Crippen molar-refractivity contribution < 1.29 is 9.47 Å². The molecule has 1 aromatic carbocycles. The maximum absolute atomic E-state index is 8.96. The van der Waals surface area contributed by atoms with Crippen molar-refractivity contribution in [1.29, 1.82) is 5.26 Å². The Labute approximate surface area is 152 Å². The normalized spacial score (nSPS) is 20.6. The van der Waals surface area contributed by atoms with Gasteiger partial charge in [0.25, 0.3) is 0 Å². The highest BCUT2D eigenvalue weighted by Gasteiger charge is 2.35. The summed E-state index contributed by atoms with van der Waals surface area (Å²) < 4.78 is 13.8. The van der Waals surface area contributed by atoms with Crippen LogP contribution in [0.15, 0.2) is 41.4 Å². The molecule has 2 atom stereocenters. The van der Waals surface area contributed by atoms with E-state index in [9.17, 15) is 0 Å². The van der Waals surface area contributed by atoms with E-state index in [1.54, 1.807) is 0 Å². The highest BCUT2D eigenvalue weighted by Crippen LogP contribution is 2.32. The maximum Gasteiger partial charge on any atom is 0.140 e. The molecule has 0 amide bonds. The summed E-state index contributed by atoms with van der Waals surface area (Å²) in [4.78, 5) is 0. The monoisotopic (exact) mass is 357 g/mol. The van der Waals surface area contributed by atoms with Crippen LogP contribution in [0, 0.1) is 10.7 Å². The van der Waals surface area contributed by atoms with Gasteiger partial charge >= 0.3 is 0 Å². The van der Waals surface area contributed by atoms with Crippen LogP contribution < -0.4 is 0 Å². The number of ether oxygens (including phenoxy) is 2. The molecule has 132 valence electrons. The first-order valence-electron chi connectivity index (χ1n) is 8.38. The minimum Gasteiger partial charge on any atom is -0.376 e. The molecule has 25 heavy (non-hydrogen) atoms. The van der Waals surface area contributed by atoms with Gasteiger partial charge in [-0.2, -0.15) is 10.4 Å². The summed E-state index contributed by atoms with van der Waals surface area (Å²) in [6, 6.07) is 12.2. The molecule has 0 N–H and O–H groups in total. The highest BCUT2D eigenvalue weighted by atomic mass is 32.2. The van der Waals surface area contributed by atoms with Gasteiger partial charge in [0.2, 0.25) is 0 Å². The van der Waals surface area contributed by atoms with Crippen molar-refractivity contribution in [3.05, 3.63) is 47.7 Å². The van der Waals surface area contributed by atoms with Crippen molar-refractivity contribution in [3.63, 3.8) is 0 Å². The summed E-state index contributed by atoms with van der Waals surface area (Å²) in [6.07, 6.45) is -0.0545. The molecule has 1 aliphatic rings. The first-order chi connectivity index (χ1) is 12.0. The Morgan fingerprint density at radius 3 is 2.76 bits per heavy atom. The van der Waals surface area contributed by atoms with Crippen LogP contribution in [0.2, 0.25) is 0 Å². The molecule has 5 nitrogen and oxygen atoms in total. The van der Waals surface area contributed by atoms with Gasteiger partial charge in [-0.05, 0) is 11.6 Å². The third-order valence-electron chi connectivity index (χ3n) is 4.25. The molecule has 1 aliphatic heterocycles. The fraction of sp³-hybridized carbons (Fsp3) is 0.474. The third-order valence-corrected chi connectivity index (χ3v) is 4.75. The predicted molar refractivity (Wildman–Crippen MR) is 97.3 cm³/mol. The van der Waals surface area contributed by atoms with Gasteiger partial charge in [-0.15, -0.1) is 0 Å². The van der Waals surface area contributed by atoms with Crippen molar-refractivity contribution in [2.45, 2.75) is 50.0 Å². The van der Waals surface area contributed by atoms with Crippen LogP contribution in [0.3, 0.4) is 0 Å². The number of benzene rings is 1. The van der Waals surface area contributed by atoms with Crippen LogP contribution in [0.1, 0.15) is 38.1 Å². The SMILES string of the molecule is CC(C)(C)c1cc(SC#N)nn1[C@@H]1COC[C@H]1OCc1ccccc1. The summed E-state index contributed by atoms with van der Waals surface area (Å²) in [5, 5.41) is 16.4. The number of hydrogen-bond donors (Lipinski definition) is 0. The summed E-state index contributed by atoms with van der Waals surface area (Å²) in [5.41, 5.74) is 2.16. The maximum atomic E-state index is 8.96. The molecule has 1 aromatic heterocycles. The van der Waals surface area contributed by atoms with Crippen molar-refractivity contribution in [1.82, 2.24) is 9.78 Å². The van der Waals surface area contributed by atoms with Crippen LogP contribution in [-0.2, 0) is 21.5 Å². The van der Waals surface area contributed by atoms with E-state index in [-0.39, 0.29) is 17.6 Å².